The van der Waals surface area contributed by atoms with Gasteiger partial charge in [-0.25, -0.2) is 8.78 Å². The Hall–Kier alpha value is -3.94. The third-order valence-electron chi connectivity index (χ3n) is 5.92. The molecule has 0 aliphatic rings. The van der Waals surface area contributed by atoms with Crippen molar-refractivity contribution in [1.82, 2.24) is 5.32 Å². The molecule has 38 heavy (non-hydrogen) atoms. The SMILES string of the molecule is CCCCCCC(Oc1ccc(OCc2cc(F)cc(F)c2)cc1)c1ccc(C(=O)NCCC(=O)O)cc1. The van der Waals surface area contributed by atoms with Gasteiger partial charge in [-0.1, -0.05) is 38.3 Å². The predicted octanol–water partition coefficient (Wildman–Crippen LogP) is 6.84. The van der Waals surface area contributed by atoms with E-state index in [0.717, 1.165) is 43.7 Å². The van der Waals surface area contributed by atoms with Crippen LogP contribution in [0, 0.1) is 11.6 Å². The van der Waals surface area contributed by atoms with Crippen molar-refractivity contribution in [2.24, 2.45) is 0 Å². The largest absolute Gasteiger partial charge is 0.489 e. The zero-order chi connectivity index (χ0) is 27.3. The zero-order valence-electron chi connectivity index (χ0n) is 21.4. The highest BCUT2D eigenvalue weighted by Crippen LogP contribution is 2.29. The van der Waals surface area contributed by atoms with Gasteiger partial charge in [0.2, 0.25) is 0 Å². The molecular weight excluding hydrogens is 492 g/mol. The minimum Gasteiger partial charge on any atom is -0.489 e. The average Bonchev–Trinajstić information content (AvgIpc) is 2.89. The second kappa shape index (κ2) is 14.7. The van der Waals surface area contributed by atoms with Crippen molar-refractivity contribution in [3.05, 3.63) is 95.1 Å². The monoisotopic (exact) mass is 525 g/mol. The standard InChI is InChI=1S/C30H33F2NO5/c1-2-3-4-5-6-28(22-7-9-23(10-8-22)30(36)33-16-15-29(34)35)38-27-13-11-26(12-14-27)37-20-21-17-24(31)19-25(32)18-21/h7-14,17-19,28H,2-6,15-16,20H2,1H3,(H,33,36)(H,34,35). The highest BCUT2D eigenvalue weighted by molar-refractivity contribution is 5.94. The van der Waals surface area contributed by atoms with Crippen molar-refractivity contribution < 1.29 is 33.0 Å². The Bertz CT molecular complexity index is 1160. The summed E-state index contributed by atoms with van der Waals surface area (Å²) in [5.41, 5.74) is 1.77. The van der Waals surface area contributed by atoms with Crippen molar-refractivity contribution in [3.63, 3.8) is 0 Å². The van der Waals surface area contributed by atoms with Crippen molar-refractivity contribution in [2.45, 2.75) is 58.2 Å². The number of halogens is 2. The summed E-state index contributed by atoms with van der Waals surface area (Å²) in [5.74, 6) is -1.40. The van der Waals surface area contributed by atoms with Crippen LogP contribution >= 0.6 is 0 Å². The van der Waals surface area contributed by atoms with Crippen molar-refractivity contribution in [3.8, 4) is 11.5 Å². The molecule has 6 nitrogen and oxygen atoms in total. The van der Waals surface area contributed by atoms with Crippen LogP contribution in [-0.2, 0) is 11.4 Å². The Morgan fingerprint density at radius 3 is 2.18 bits per heavy atom. The molecule has 0 heterocycles. The molecule has 0 aliphatic carbocycles. The molecule has 0 aromatic heterocycles. The molecule has 0 spiro atoms. The number of carbonyl (C=O) groups is 2. The smallest absolute Gasteiger partial charge is 0.305 e. The second-order valence-corrected chi connectivity index (χ2v) is 9.02. The van der Waals surface area contributed by atoms with Gasteiger partial charge in [0, 0.05) is 18.2 Å². The number of hydrogen-bond acceptors (Lipinski definition) is 4. The van der Waals surface area contributed by atoms with Gasteiger partial charge in [0.25, 0.3) is 5.91 Å². The maximum Gasteiger partial charge on any atom is 0.305 e. The topological polar surface area (TPSA) is 84.9 Å². The number of carbonyl (C=O) groups excluding carboxylic acids is 1. The summed E-state index contributed by atoms with van der Waals surface area (Å²) in [6.45, 7) is 2.26. The van der Waals surface area contributed by atoms with Crippen molar-refractivity contribution in [1.29, 1.82) is 0 Å². The molecule has 202 valence electrons. The summed E-state index contributed by atoms with van der Waals surface area (Å²) in [7, 11) is 0. The first kappa shape index (κ1) is 28.6. The van der Waals surface area contributed by atoms with Gasteiger partial charge in [0.05, 0.1) is 6.42 Å². The van der Waals surface area contributed by atoms with Gasteiger partial charge in [0.1, 0.15) is 35.8 Å². The van der Waals surface area contributed by atoms with Gasteiger partial charge >= 0.3 is 5.97 Å². The lowest BCUT2D eigenvalue weighted by atomic mass is 10.0. The molecule has 1 atom stereocenters. The lowest BCUT2D eigenvalue weighted by Crippen LogP contribution is -2.26. The van der Waals surface area contributed by atoms with Crippen LogP contribution in [0.2, 0.25) is 0 Å². The third-order valence-corrected chi connectivity index (χ3v) is 5.92. The minimum atomic E-state index is -0.967. The number of aliphatic carboxylic acids is 1. The summed E-state index contributed by atoms with van der Waals surface area (Å²) in [5, 5.41) is 11.3. The summed E-state index contributed by atoms with van der Waals surface area (Å²) in [4.78, 5) is 22.9. The Labute approximate surface area is 221 Å². The average molecular weight is 526 g/mol. The van der Waals surface area contributed by atoms with Crippen LogP contribution in [0.5, 0.6) is 11.5 Å². The fourth-order valence-corrected chi connectivity index (χ4v) is 3.92. The van der Waals surface area contributed by atoms with E-state index in [1.165, 1.54) is 12.1 Å². The Kier molecular flexibility index (Phi) is 11.1. The zero-order valence-corrected chi connectivity index (χ0v) is 21.4. The van der Waals surface area contributed by atoms with E-state index < -0.39 is 17.6 Å². The molecular formula is C30H33F2NO5. The Balaban J connectivity index is 1.63. The highest BCUT2D eigenvalue weighted by Gasteiger charge is 2.15. The number of nitrogens with one attached hydrogen (secondary N) is 1. The first-order valence-corrected chi connectivity index (χ1v) is 12.8. The van der Waals surface area contributed by atoms with E-state index in [4.69, 9.17) is 14.6 Å². The van der Waals surface area contributed by atoms with Crippen LogP contribution in [0.4, 0.5) is 8.78 Å². The van der Waals surface area contributed by atoms with Crippen LogP contribution in [0.1, 0.15) is 73.0 Å². The molecule has 0 saturated carbocycles. The lowest BCUT2D eigenvalue weighted by molar-refractivity contribution is -0.136. The molecule has 0 fully saturated rings. The van der Waals surface area contributed by atoms with E-state index in [1.807, 2.05) is 12.1 Å². The van der Waals surface area contributed by atoms with Crippen molar-refractivity contribution in [2.75, 3.05) is 6.54 Å². The van der Waals surface area contributed by atoms with Crippen LogP contribution in [0.3, 0.4) is 0 Å². The number of carboxylic acid groups (broad SMARTS) is 1. The van der Waals surface area contributed by atoms with Crippen LogP contribution < -0.4 is 14.8 Å². The Morgan fingerprint density at radius 1 is 0.895 bits per heavy atom. The van der Waals surface area contributed by atoms with Gasteiger partial charge in [-0.15, -0.1) is 0 Å². The molecule has 2 N–H and O–H groups in total. The number of hydrogen-bond donors (Lipinski definition) is 2. The van der Waals surface area contributed by atoms with Crippen LogP contribution in [0.15, 0.2) is 66.7 Å². The lowest BCUT2D eigenvalue weighted by Gasteiger charge is -2.20. The van der Waals surface area contributed by atoms with E-state index >= 15 is 0 Å². The van der Waals surface area contributed by atoms with Gasteiger partial charge in [-0.2, -0.15) is 0 Å². The molecule has 1 amide bonds. The molecule has 0 radical (unpaired) electrons. The molecule has 0 aliphatic heterocycles. The fraction of sp³-hybridized carbons (Fsp3) is 0.333. The first-order valence-electron chi connectivity index (χ1n) is 12.8. The maximum absolute atomic E-state index is 13.4. The molecule has 3 rings (SSSR count). The summed E-state index contributed by atoms with van der Waals surface area (Å²) < 4.78 is 38.7. The molecule has 8 heteroatoms. The summed E-state index contributed by atoms with van der Waals surface area (Å²) in [6.07, 6.45) is 4.79. The number of rotatable bonds is 15. The summed E-state index contributed by atoms with van der Waals surface area (Å²) in [6, 6.07) is 17.4. The molecule has 3 aromatic rings. The number of benzene rings is 3. The second-order valence-electron chi connectivity index (χ2n) is 9.02. The van der Waals surface area contributed by atoms with E-state index in [9.17, 15) is 18.4 Å². The molecule has 3 aromatic carbocycles. The van der Waals surface area contributed by atoms with Crippen molar-refractivity contribution >= 4 is 11.9 Å². The van der Waals surface area contributed by atoms with Crippen LogP contribution in [0.25, 0.3) is 0 Å². The highest BCUT2D eigenvalue weighted by atomic mass is 19.1. The van der Waals surface area contributed by atoms with Gasteiger partial charge in [-0.3, -0.25) is 9.59 Å². The third kappa shape index (κ3) is 9.50. The van der Waals surface area contributed by atoms with E-state index in [-0.39, 0.29) is 31.6 Å². The van der Waals surface area contributed by atoms with E-state index in [0.29, 0.717) is 22.6 Å². The van der Waals surface area contributed by atoms with Gasteiger partial charge < -0.3 is 19.9 Å². The first-order chi connectivity index (χ1) is 18.3. The molecule has 0 saturated heterocycles. The predicted molar refractivity (Wildman–Crippen MR) is 140 cm³/mol. The van der Waals surface area contributed by atoms with E-state index in [2.05, 4.69) is 12.2 Å². The van der Waals surface area contributed by atoms with Gasteiger partial charge in [-0.05, 0) is 72.5 Å². The maximum atomic E-state index is 13.4. The fourth-order valence-electron chi connectivity index (χ4n) is 3.92. The Morgan fingerprint density at radius 2 is 1.55 bits per heavy atom. The molecule has 1 unspecified atom stereocenters. The minimum absolute atomic E-state index is 0.0329. The number of carboxylic acids is 1. The molecule has 0 bridgehead atoms. The van der Waals surface area contributed by atoms with Gasteiger partial charge in [0.15, 0.2) is 0 Å². The number of ether oxygens (including phenoxy) is 2. The normalized spacial score (nSPS) is 11.6. The van der Waals surface area contributed by atoms with E-state index in [1.54, 1.807) is 36.4 Å². The number of unbranched alkanes of at least 4 members (excludes halogenated alkanes) is 3. The quantitative estimate of drug-likeness (QED) is 0.212. The summed E-state index contributed by atoms with van der Waals surface area (Å²) >= 11 is 0. The number of amides is 1. The van der Waals surface area contributed by atoms with Crippen LogP contribution in [-0.4, -0.2) is 23.5 Å².